The third-order valence-corrected chi connectivity index (χ3v) is 4.03. The van der Waals surface area contributed by atoms with Crippen LogP contribution in [0.25, 0.3) is 0 Å². The minimum atomic E-state index is -0.184. The Morgan fingerprint density at radius 3 is 2.65 bits per heavy atom. The maximum Gasteiger partial charge on any atom is 0.257 e. The first-order valence-electron chi connectivity index (χ1n) is 8.55. The van der Waals surface area contributed by atoms with Crippen LogP contribution in [0.3, 0.4) is 0 Å². The zero-order chi connectivity index (χ0) is 18.6. The summed E-state index contributed by atoms with van der Waals surface area (Å²) in [7, 11) is 0. The lowest BCUT2D eigenvalue weighted by molar-refractivity contribution is 0.102. The normalized spacial score (nSPS) is 11.2. The summed E-state index contributed by atoms with van der Waals surface area (Å²) >= 11 is 0. The number of benzene rings is 1. The Labute approximate surface area is 153 Å². The molecule has 0 aliphatic heterocycles. The second-order valence-electron chi connectivity index (χ2n) is 7.14. The summed E-state index contributed by atoms with van der Waals surface area (Å²) in [6, 6.07) is 13.4. The summed E-state index contributed by atoms with van der Waals surface area (Å²) in [4.78, 5) is 16.8. The fraction of sp³-hybridized carbons (Fsp3) is 0.238. The van der Waals surface area contributed by atoms with Crippen molar-refractivity contribution in [2.24, 2.45) is 0 Å². The maximum atomic E-state index is 12.7. The Bertz CT molecular complexity index is 880. The van der Waals surface area contributed by atoms with Crippen molar-refractivity contribution in [3.8, 4) is 0 Å². The molecule has 5 heteroatoms. The van der Waals surface area contributed by atoms with Gasteiger partial charge in [-0.2, -0.15) is 0 Å². The minimum absolute atomic E-state index is 0.0609. The third-order valence-electron chi connectivity index (χ3n) is 4.03. The monoisotopic (exact) mass is 349 g/mol. The number of pyridine rings is 1. The highest BCUT2D eigenvalue weighted by Crippen LogP contribution is 2.29. The molecule has 134 valence electrons. The second kappa shape index (κ2) is 7.44. The maximum absolute atomic E-state index is 12.7. The van der Waals surface area contributed by atoms with Gasteiger partial charge in [-0.05, 0) is 35.2 Å². The number of nitrogens with zero attached hydrogens (tertiary/aromatic N) is 1. The Kier molecular flexibility index (Phi) is 5.07. The number of furan rings is 1. The fourth-order valence-electron chi connectivity index (χ4n) is 2.70. The molecule has 0 aliphatic carbocycles. The van der Waals surface area contributed by atoms with E-state index in [0.29, 0.717) is 12.1 Å². The first-order chi connectivity index (χ1) is 12.4. The largest absolute Gasteiger partial charge is 0.467 e. The van der Waals surface area contributed by atoms with E-state index >= 15 is 0 Å². The fourth-order valence-corrected chi connectivity index (χ4v) is 2.70. The summed E-state index contributed by atoms with van der Waals surface area (Å²) in [5.74, 6) is 0.634. The highest BCUT2D eigenvalue weighted by molar-refractivity contribution is 6.05. The Morgan fingerprint density at radius 1 is 1.12 bits per heavy atom. The van der Waals surface area contributed by atoms with Crippen LogP contribution < -0.4 is 10.6 Å². The van der Waals surface area contributed by atoms with Gasteiger partial charge in [0.2, 0.25) is 0 Å². The number of nitrogens with one attached hydrogen (secondary N) is 2. The molecular formula is C21H23N3O2. The van der Waals surface area contributed by atoms with E-state index in [1.165, 1.54) is 0 Å². The minimum Gasteiger partial charge on any atom is -0.467 e. The molecule has 0 fully saturated rings. The van der Waals surface area contributed by atoms with Crippen molar-refractivity contribution in [1.29, 1.82) is 0 Å². The molecule has 0 unspecified atom stereocenters. The van der Waals surface area contributed by atoms with E-state index < -0.39 is 0 Å². The molecule has 1 amide bonds. The molecular weight excluding hydrogens is 326 g/mol. The second-order valence-corrected chi connectivity index (χ2v) is 7.14. The molecule has 0 saturated carbocycles. The van der Waals surface area contributed by atoms with Gasteiger partial charge < -0.3 is 15.1 Å². The predicted octanol–water partition coefficient (Wildman–Crippen LogP) is 4.84. The van der Waals surface area contributed by atoms with Crippen molar-refractivity contribution < 1.29 is 9.21 Å². The van der Waals surface area contributed by atoms with Gasteiger partial charge in [0.15, 0.2) is 0 Å². The van der Waals surface area contributed by atoms with E-state index in [-0.39, 0.29) is 11.3 Å². The van der Waals surface area contributed by atoms with Crippen molar-refractivity contribution in [3.63, 3.8) is 0 Å². The van der Waals surface area contributed by atoms with E-state index in [2.05, 4.69) is 36.4 Å². The Balaban J connectivity index is 1.74. The van der Waals surface area contributed by atoms with Gasteiger partial charge in [0.05, 0.1) is 24.1 Å². The molecule has 0 saturated heterocycles. The van der Waals surface area contributed by atoms with E-state index in [4.69, 9.17) is 4.42 Å². The van der Waals surface area contributed by atoms with Crippen LogP contribution in [0.15, 0.2) is 65.5 Å². The summed E-state index contributed by atoms with van der Waals surface area (Å²) in [5.41, 5.74) is 3.11. The lowest BCUT2D eigenvalue weighted by atomic mass is 9.86. The number of aromatic nitrogens is 1. The number of amides is 1. The predicted molar refractivity (Wildman–Crippen MR) is 103 cm³/mol. The smallest absolute Gasteiger partial charge is 0.257 e. The molecule has 2 aromatic heterocycles. The summed E-state index contributed by atoms with van der Waals surface area (Å²) in [6.45, 7) is 6.91. The van der Waals surface area contributed by atoms with Crippen LogP contribution in [0.1, 0.15) is 42.5 Å². The van der Waals surface area contributed by atoms with Crippen molar-refractivity contribution in [2.75, 3.05) is 10.6 Å². The van der Waals surface area contributed by atoms with Crippen LogP contribution in [0.2, 0.25) is 0 Å². The number of rotatable bonds is 5. The van der Waals surface area contributed by atoms with Gasteiger partial charge in [0.25, 0.3) is 5.91 Å². The number of carbonyl (C=O) groups is 1. The molecule has 0 atom stereocenters. The zero-order valence-corrected chi connectivity index (χ0v) is 15.2. The van der Waals surface area contributed by atoms with Crippen molar-refractivity contribution in [2.45, 2.75) is 32.7 Å². The quantitative estimate of drug-likeness (QED) is 0.692. The average Bonchev–Trinajstić information content (AvgIpc) is 3.13. The van der Waals surface area contributed by atoms with Gasteiger partial charge in [-0.1, -0.05) is 39.0 Å². The van der Waals surface area contributed by atoms with Crippen LogP contribution in [0.5, 0.6) is 0 Å². The van der Waals surface area contributed by atoms with Gasteiger partial charge >= 0.3 is 0 Å². The van der Waals surface area contributed by atoms with Crippen molar-refractivity contribution in [1.82, 2.24) is 4.98 Å². The van der Waals surface area contributed by atoms with Gasteiger partial charge in [0.1, 0.15) is 5.76 Å². The first-order valence-corrected chi connectivity index (χ1v) is 8.55. The molecule has 2 N–H and O–H groups in total. The van der Waals surface area contributed by atoms with Crippen LogP contribution in [0.4, 0.5) is 11.4 Å². The lowest BCUT2D eigenvalue weighted by Gasteiger charge is -2.23. The number of hydrogen-bond acceptors (Lipinski definition) is 4. The molecule has 3 aromatic rings. The van der Waals surface area contributed by atoms with E-state index in [0.717, 1.165) is 22.7 Å². The van der Waals surface area contributed by atoms with Crippen molar-refractivity contribution in [3.05, 3.63) is 78.0 Å². The SMILES string of the molecule is CC(C)(C)c1ccccc1NC(=O)c1cncc(NCc2ccco2)c1. The van der Waals surface area contributed by atoms with Gasteiger partial charge in [-0.25, -0.2) is 0 Å². The Morgan fingerprint density at radius 2 is 1.92 bits per heavy atom. The highest BCUT2D eigenvalue weighted by atomic mass is 16.3. The molecule has 2 heterocycles. The standard InChI is InChI=1S/C21H23N3O2/c1-21(2,3)18-8-4-5-9-19(18)24-20(25)15-11-16(13-22-12-15)23-14-17-7-6-10-26-17/h4-13,23H,14H2,1-3H3,(H,24,25). The topological polar surface area (TPSA) is 67.2 Å². The number of para-hydroxylation sites is 1. The number of anilines is 2. The van der Waals surface area contributed by atoms with Crippen LogP contribution >= 0.6 is 0 Å². The average molecular weight is 349 g/mol. The first kappa shape index (κ1) is 17.7. The molecule has 1 aromatic carbocycles. The summed E-state index contributed by atoms with van der Waals surface area (Å²) < 4.78 is 5.29. The third kappa shape index (κ3) is 4.30. The summed E-state index contributed by atoms with van der Waals surface area (Å²) in [5, 5.41) is 6.21. The molecule has 0 aliphatic rings. The number of hydrogen-bond donors (Lipinski definition) is 2. The zero-order valence-electron chi connectivity index (χ0n) is 15.2. The van der Waals surface area contributed by atoms with Crippen molar-refractivity contribution >= 4 is 17.3 Å². The van der Waals surface area contributed by atoms with Gasteiger partial charge in [0, 0.05) is 18.1 Å². The van der Waals surface area contributed by atoms with Gasteiger partial charge in [-0.3, -0.25) is 9.78 Å². The molecule has 0 radical (unpaired) electrons. The van der Waals surface area contributed by atoms with Crippen LogP contribution in [-0.4, -0.2) is 10.9 Å². The van der Waals surface area contributed by atoms with Crippen LogP contribution in [-0.2, 0) is 12.0 Å². The number of carbonyl (C=O) groups excluding carboxylic acids is 1. The molecule has 0 spiro atoms. The van der Waals surface area contributed by atoms with Crippen LogP contribution in [0, 0.1) is 0 Å². The molecule has 5 nitrogen and oxygen atoms in total. The highest BCUT2D eigenvalue weighted by Gasteiger charge is 2.19. The van der Waals surface area contributed by atoms with Gasteiger partial charge in [-0.15, -0.1) is 0 Å². The molecule has 26 heavy (non-hydrogen) atoms. The lowest BCUT2D eigenvalue weighted by Crippen LogP contribution is -2.19. The summed E-state index contributed by atoms with van der Waals surface area (Å²) in [6.07, 6.45) is 4.88. The molecule has 0 bridgehead atoms. The molecule has 3 rings (SSSR count). The Hall–Kier alpha value is -3.08. The van der Waals surface area contributed by atoms with E-state index in [1.54, 1.807) is 24.7 Å². The van der Waals surface area contributed by atoms with E-state index in [9.17, 15) is 4.79 Å². The van der Waals surface area contributed by atoms with E-state index in [1.807, 2.05) is 36.4 Å².